The Morgan fingerprint density at radius 3 is 2.52 bits per heavy atom. The van der Waals surface area contributed by atoms with Crippen LogP contribution in [0.15, 0.2) is 59.8 Å². The number of carbonyl (C=O) groups excluding carboxylic acids is 1. The molecule has 0 spiro atoms. The van der Waals surface area contributed by atoms with Crippen molar-refractivity contribution in [2.45, 2.75) is 64.5 Å². The van der Waals surface area contributed by atoms with Gasteiger partial charge in [0.15, 0.2) is 0 Å². The number of rotatable bonds is 9. The average molecular weight is 577 g/mol. The Kier molecular flexibility index (Phi) is 8.87. The molecule has 2 aliphatic rings. The van der Waals surface area contributed by atoms with Crippen LogP contribution in [0.5, 0.6) is 5.75 Å². The van der Waals surface area contributed by atoms with Crippen LogP contribution in [-0.4, -0.2) is 52.5 Å². The number of benzene rings is 2. The van der Waals surface area contributed by atoms with Crippen molar-refractivity contribution in [2.24, 2.45) is 11.0 Å². The van der Waals surface area contributed by atoms with E-state index < -0.39 is 23.3 Å². The lowest BCUT2D eigenvalue weighted by molar-refractivity contribution is -0.138. The number of piperidine rings is 1. The van der Waals surface area contributed by atoms with Crippen molar-refractivity contribution in [1.29, 1.82) is 0 Å². The molecular formula is C33H38F2N4O3. The molecule has 2 aliphatic heterocycles. The molecule has 0 radical (unpaired) electrons. The number of aryl methyl sites for hydroxylation is 1. The first kappa shape index (κ1) is 29.6. The Balaban J connectivity index is 1.22. The smallest absolute Gasteiger partial charge is 0.246 e. The fourth-order valence-corrected chi connectivity index (χ4v) is 5.67. The van der Waals surface area contributed by atoms with E-state index in [0.29, 0.717) is 50.9 Å². The predicted molar refractivity (Wildman–Crippen MR) is 159 cm³/mol. The molecule has 5 rings (SSSR count). The highest BCUT2D eigenvalue weighted by atomic mass is 19.1. The fourth-order valence-electron chi connectivity index (χ4n) is 5.67. The van der Waals surface area contributed by atoms with E-state index in [2.05, 4.69) is 28.0 Å². The summed E-state index contributed by atoms with van der Waals surface area (Å²) in [4.78, 5) is 20.2. The number of aliphatic hydroxyl groups is 1. The van der Waals surface area contributed by atoms with E-state index >= 15 is 0 Å². The number of aromatic nitrogens is 1. The SMILES string of the molecule is Cc1ccc(OCCCC(C)(C)O)cc1-c1ccnc(N2CCC(C(=O)N3N=CCC3c3cc(F)cc(F)c3)CC2)c1. The first-order valence-electron chi connectivity index (χ1n) is 14.6. The number of carbonyl (C=O) groups is 1. The van der Waals surface area contributed by atoms with E-state index in [1.165, 1.54) is 17.1 Å². The zero-order chi connectivity index (χ0) is 29.9. The van der Waals surface area contributed by atoms with E-state index in [1.807, 2.05) is 24.3 Å². The second-order valence-electron chi connectivity index (χ2n) is 11.8. The highest BCUT2D eigenvalue weighted by Crippen LogP contribution is 2.34. The standard InChI is InChI=1S/C33H38F2N4O3/c1-22-5-6-28(42-16-4-11-33(2,3)41)21-29(22)24-7-12-36-31(19-24)38-14-9-23(10-15-38)32(40)39-30(8-13-37-39)25-17-26(34)20-27(35)18-25/h5-7,12-13,17-21,23,30,41H,4,8-11,14-16H2,1-3H3. The summed E-state index contributed by atoms with van der Waals surface area (Å²) < 4.78 is 33.6. The molecule has 42 heavy (non-hydrogen) atoms. The zero-order valence-corrected chi connectivity index (χ0v) is 24.4. The maximum atomic E-state index is 13.8. The third-order valence-corrected chi connectivity index (χ3v) is 7.96. The van der Waals surface area contributed by atoms with Crippen LogP contribution in [0.3, 0.4) is 0 Å². The van der Waals surface area contributed by atoms with Crippen LogP contribution < -0.4 is 9.64 Å². The lowest BCUT2D eigenvalue weighted by atomic mass is 9.94. The van der Waals surface area contributed by atoms with Gasteiger partial charge in [0.1, 0.15) is 23.2 Å². The molecule has 9 heteroatoms. The number of pyridine rings is 1. The number of halogens is 2. The molecule has 222 valence electrons. The molecular weight excluding hydrogens is 538 g/mol. The minimum Gasteiger partial charge on any atom is -0.494 e. The number of amides is 1. The third-order valence-electron chi connectivity index (χ3n) is 7.96. The largest absolute Gasteiger partial charge is 0.494 e. The molecule has 1 fully saturated rings. The Morgan fingerprint density at radius 1 is 1.07 bits per heavy atom. The van der Waals surface area contributed by atoms with Gasteiger partial charge in [-0.1, -0.05) is 6.07 Å². The van der Waals surface area contributed by atoms with Gasteiger partial charge in [0.05, 0.1) is 18.2 Å². The highest BCUT2D eigenvalue weighted by molar-refractivity contribution is 5.82. The molecule has 3 aromatic rings. The Bertz CT molecular complexity index is 1430. The maximum absolute atomic E-state index is 13.8. The molecule has 1 amide bonds. The first-order chi connectivity index (χ1) is 20.1. The summed E-state index contributed by atoms with van der Waals surface area (Å²) in [7, 11) is 0. The van der Waals surface area contributed by atoms with Gasteiger partial charge in [-0.15, -0.1) is 0 Å². The lowest BCUT2D eigenvalue weighted by Gasteiger charge is -2.34. The topological polar surface area (TPSA) is 78.3 Å². The number of hydrogen-bond donors (Lipinski definition) is 1. The summed E-state index contributed by atoms with van der Waals surface area (Å²) in [6.07, 6.45) is 6.56. The Labute approximate surface area is 245 Å². The van der Waals surface area contributed by atoms with Gasteiger partial charge in [-0.05, 0) is 105 Å². The summed E-state index contributed by atoms with van der Waals surface area (Å²) in [6.45, 7) is 7.52. The molecule has 0 aliphatic carbocycles. The van der Waals surface area contributed by atoms with E-state index in [0.717, 1.165) is 40.7 Å². The van der Waals surface area contributed by atoms with Crippen LogP contribution in [0.25, 0.3) is 11.1 Å². The normalized spacial score (nSPS) is 17.6. The number of hydrogen-bond acceptors (Lipinski definition) is 6. The highest BCUT2D eigenvalue weighted by Gasteiger charge is 2.35. The molecule has 7 nitrogen and oxygen atoms in total. The summed E-state index contributed by atoms with van der Waals surface area (Å²) in [5.74, 6) is -0.0368. The van der Waals surface area contributed by atoms with Crippen LogP contribution in [0.2, 0.25) is 0 Å². The molecule has 3 heterocycles. The first-order valence-corrected chi connectivity index (χ1v) is 14.6. The van der Waals surface area contributed by atoms with Gasteiger partial charge >= 0.3 is 0 Å². The van der Waals surface area contributed by atoms with Crippen molar-refractivity contribution in [3.8, 4) is 16.9 Å². The molecule has 1 aromatic heterocycles. The lowest BCUT2D eigenvalue weighted by Crippen LogP contribution is -2.41. The molecule has 2 aromatic carbocycles. The van der Waals surface area contributed by atoms with Gasteiger partial charge in [0, 0.05) is 43.9 Å². The van der Waals surface area contributed by atoms with E-state index in [9.17, 15) is 18.7 Å². The summed E-state index contributed by atoms with van der Waals surface area (Å²) >= 11 is 0. The minimum absolute atomic E-state index is 0.116. The monoisotopic (exact) mass is 576 g/mol. The number of nitrogens with zero attached hydrogens (tertiary/aromatic N) is 4. The van der Waals surface area contributed by atoms with E-state index in [4.69, 9.17) is 4.74 Å². The van der Waals surface area contributed by atoms with Crippen molar-refractivity contribution in [2.75, 3.05) is 24.6 Å². The van der Waals surface area contributed by atoms with Crippen LogP contribution >= 0.6 is 0 Å². The fraction of sp³-hybridized carbons (Fsp3) is 0.424. The van der Waals surface area contributed by atoms with Gasteiger partial charge in [-0.3, -0.25) is 4.79 Å². The van der Waals surface area contributed by atoms with E-state index in [1.54, 1.807) is 26.3 Å². The van der Waals surface area contributed by atoms with Crippen molar-refractivity contribution < 1.29 is 23.4 Å². The second-order valence-corrected chi connectivity index (χ2v) is 11.8. The summed E-state index contributed by atoms with van der Waals surface area (Å²) in [6, 6.07) is 13.0. The van der Waals surface area contributed by atoms with Gasteiger partial charge in [0.25, 0.3) is 0 Å². The molecule has 1 N–H and O–H groups in total. The number of hydrazone groups is 1. The van der Waals surface area contributed by atoms with Crippen molar-refractivity contribution in [3.05, 3.63) is 77.5 Å². The molecule has 1 unspecified atom stereocenters. The average Bonchev–Trinajstić information content (AvgIpc) is 3.45. The maximum Gasteiger partial charge on any atom is 0.246 e. The van der Waals surface area contributed by atoms with Crippen LogP contribution in [0, 0.1) is 24.5 Å². The van der Waals surface area contributed by atoms with Gasteiger partial charge < -0.3 is 14.7 Å². The predicted octanol–water partition coefficient (Wildman–Crippen LogP) is 6.44. The third kappa shape index (κ3) is 7.13. The summed E-state index contributed by atoms with van der Waals surface area (Å²) in [5.41, 5.74) is 2.94. The van der Waals surface area contributed by atoms with Gasteiger partial charge in [0.2, 0.25) is 5.91 Å². The Morgan fingerprint density at radius 2 is 1.81 bits per heavy atom. The second kappa shape index (κ2) is 12.6. The van der Waals surface area contributed by atoms with Gasteiger partial charge in [-0.2, -0.15) is 5.10 Å². The molecule has 0 saturated carbocycles. The molecule has 1 atom stereocenters. The molecule has 1 saturated heterocycles. The van der Waals surface area contributed by atoms with Crippen molar-refractivity contribution in [1.82, 2.24) is 9.99 Å². The van der Waals surface area contributed by atoms with Crippen LogP contribution in [0.1, 0.15) is 63.1 Å². The van der Waals surface area contributed by atoms with Crippen LogP contribution in [0.4, 0.5) is 14.6 Å². The Hall–Kier alpha value is -3.85. The summed E-state index contributed by atoms with van der Waals surface area (Å²) in [5, 5.41) is 15.6. The van der Waals surface area contributed by atoms with Crippen molar-refractivity contribution >= 4 is 17.9 Å². The minimum atomic E-state index is -0.703. The number of ether oxygens (including phenoxy) is 1. The quantitative estimate of drug-likeness (QED) is 0.297. The number of anilines is 1. The zero-order valence-electron chi connectivity index (χ0n) is 24.4. The van der Waals surface area contributed by atoms with Gasteiger partial charge in [-0.25, -0.2) is 18.8 Å². The van der Waals surface area contributed by atoms with E-state index in [-0.39, 0.29) is 11.8 Å². The van der Waals surface area contributed by atoms with Crippen molar-refractivity contribution in [3.63, 3.8) is 0 Å². The molecule has 0 bridgehead atoms. The van der Waals surface area contributed by atoms with Crippen LogP contribution in [-0.2, 0) is 4.79 Å².